The van der Waals surface area contributed by atoms with Crippen molar-refractivity contribution in [2.45, 2.75) is 52.2 Å². The van der Waals surface area contributed by atoms with Crippen molar-refractivity contribution in [2.75, 3.05) is 24.5 Å². The minimum absolute atomic E-state index is 0.0978. The first-order valence-corrected chi connectivity index (χ1v) is 7.85. The van der Waals surface area contributed by atoms with Crippen molar-refractivity contribution in [3.8, 4) is 0 Å². The van der Waals surface area contributed by atoms with Gasteiger partial charge in [-0.3, -0.25) is 0 Å². The van der Waals surface area contributed by atoms with Crippen LogP contribution in [0.25, 0.3) is 0 Å². The van der Waals surface area contributed by atoms with Gasteiger partial charge in [-0.25, -0.2) is 4.39 Å². The maximum Gasteiger partial charge on any atom is 0.126 e. The lowest BCUT2D eigenvalue weighted by molar-refractivity contribution is 0.0839. The summed E-state index contributed by atoms with van der Waals surface area (Å²) < 4.78 is 14.0. The van der Waals surface area contributed by atoms with E-state index in [-0.39, 0.29) is 11.9 Å². The van der Waals surface area contributed by atoms with Crippen LogP contribution in [-0.4, -0.2) is 30.3 Å². The summed E-state index contributed by atoms with van der Waals surface area (Å²) in [5.74, 6) is -0.162. The van der Waals surface area contributed by atoms with Crippen LogP contribution < -0.4 is 10.2 Å². The van der Waals surface area contributed by atoms with E-state index in [4.69, 9.17) is 0 Å². The quantitative estimate of drug-likeness (QED) is 0.875. The first-order valence-electron chi connectivity index (χ1n) is 7.85. The molecule has 1 aliphatic heterocycles. The third kappa shape index (κ3) is 3.74. The molecule has 2 unspecified atom stereocenters. The van der Waals surface area contributed by atoms with Crippen LogP contribution in [0.5, 0.6) is 0 Å². The van der Waals surface area contributed by atoms with Gasteiger partial charge in [-0.2, -0.15) is 0 Å². The molecule has 1 heterocycles. The summed E-state index contributed by atoms with van der Waals surface area (Å²) in [4.78, 5) is 2.17. The number of nitrogens with zero attached hydrogens (tertiary/aromatic N) is 1. The Morgan fingerprint density at radius 3 is 2.76 bits per heavy atom. The Kier molecular flexibility index (Phi) is 4.89. The molecule has 3 nitrogen and oxygen atoms in total. The van der Waals surface area contributed by atoms with Crippen molar-refractivity contribution in [1.82, 2.24) is 5.32 Å². The number of hydrogen-bond donors (Lipinski definition) is 2. The number of anilines is 1. The highest BCUT2D eigenvalue weighted by atomic mass is 19.1. The molecule has 1 aromatic rings. The number of hydrogen-bond acceptors (Lipinski definition) is 3. The molecule has 0 radical (unpaired) electrons. The molecule has 4 heteroatoms. The lowest BCUT2D eigenvalue weighted by Gasteiger charge is -2.27. The van der Waals surface area contributed by atoms with Crippen molar-refractivity contribution in [2.24, 2.45) is 0 Å². The molecule has 0 amide bonds. The van der Waals surface area contributed by atoms with Crippen LogP contribution in [0.2, 0.25) is 0 Å². The fourth-order valence-corrected chi connectivity index (χ4v) is 2.92. The van der Waals surface area contributed by atoms with E-state index in [1.807, 2.05) is 13.0 Å². The van der Waals surface area contributed by atoms with Crippen LogP contribution in [0.15, 0.2) is 12.1 Å². The third-order valence-electron chi connectivity index (χ3n) is 4.27. The monoisotopic (exact) mass is 294 g/mol. The number of aryl methyl sites for hydroxylation is 1. The Morgan fingerprint density at radius 1 is 1.48 bits per heavy atom. The van der Waals surface area contributed by atoms with Crippen LogP contribution >= 0.6 is 0 Å². The van der Waals surface area contributed by atoms with Crippen LogP contribution in [0.4, 0.5) is 10.1 Å². The van der Waals surface area contributed by atoms with Crippen molar-refractivity contribution >= 4 is 5.69 Å². The second-order valence-corrected chi connectivity index (χ2v) is 6.50. The molecule has 1 fully saturated rings. The van der Waals surface area contributed by atoms with Gasteiger partial charge in [-0.1, -0.05) is 6.92 Å². The van der Waals surface area contributed by atoms with Crippen LogP contribution in [0.1, 0.15) is 50.8 Å². The molecule has 0 saturated carbocycles. The number of nitrogens with one attached hydrogen (secondary N) is 1. The molecular weight excluding hydrogens is 267 g/mol. The fourth-order valence-electron chi connectivity index (χ4n) is 2.92. The number of halogens is 1. The first kappa shape index (κ1) is 16.2. The van der Waals surface area contributed by atoms with Crippen LogP contribution in [0.3, 0.4) is 0 Å². The van der Waals surface area contributed by atoms with E-state index in [2.05, 4.69) is 24.1 Å². The normalized spacial score (nSPS) is 23.6. The van der Waals surface area contributed by atoms with Gasteiger partial charge in [0.15, 0.2) is 0 Å². The lowest BCUT2D eigenvalue weighted by atomic mass is 10.0. The molecule has 2 atom stereocenters. The van der Waals surface area contributed by atoms with Gasteiger partial charge in [-0.15, -0.1) is 0 Å². The van der Waals surface area contributed by atoms with Gasteiger partial charge in [0.1, 0.15) is 5.82 Å². The molecule has 2 rings (SSSR count). The van der Waals surface area contributed by atoms with Gasteiger partial charge in [0, 0.05) is 24.8 Å². The van der Waals surface area contributed by atoms with E-state index in [1.54, 1.807) is 13.0 Å². The molecule has 1 aromatic carbocycles. The average molecular weight is 294 g/mol. The van der Waals surface area contributed by atoms with Gasteiger partial charge >= 0.3 is 0 Å². The predicted molar refractivity (Wildman–Crippen MR) is 85.3 cm³/mol. The molecular formula is C17H27FN2O. The minimum Gasteiger partial charge on any atom is -0.388 e. The fraction of sp³-hybridized carbons (Fsp3) is 0.647. The van der Waals surface area contributed by atoms with Gasteiger partial charge in [0.25, 0.3) is 0 Å². The Morgan fingerprint density at radius 2 is 2.19 bits per heavy atom. The number of rotatable bonds is 5. The largest absolute Gasteiger partial charge is 0.388 e. The zero-order chi connectivity index (χ0) is 15.6. The number of aliphatic hydroxyl groups is 1. The van der Waals surface area contributed by atoms with Crippen LogP contribution in [0, 0.1) is 12.7 Å². The summed E-state index contributed by atoms with van der Waals surface area (Å²) in [5.41, 5.74) is 2.02. The Balaban J connectivity index is 2.32. The van der Waals surface area contributed by atoms with Crippen molar-refractivity contribution in [3.63, 3.8) is 0 Å². The molecule has 2 N–H and O–H groups in total. The topological polar surface area (TPSA) is 35.5 Å². The molecule has 0 aliphatic carbocycles. The molecule has 1 saturated heterocycles. The Bertz CT molecular complexity index is 502. The van der Waals surface area contributed by atoms with Crippen molar-refractivity contribution < 1.29 is 9.50 Å². The third-order valence-corrected chi connectivity index (χ3v) is 4.27. The zero-order valence-electron chi connectivity index (χ0n) is 13.5. The average Bonchev–Trinajstić information content (AvgIpc) is 2.78. The van der Waals surface area contributed by atoms with Gasteiger partial charge < -0.3 is 15.3 Å². The highest BCUT2D eigenvalue weighted by Gasteiger charge is 2.33. The number of β-amino-alcohol motifs (C(OH)–C–C–N with tert-alkyl or cyclic N) is 1. The lowest BCUT2D eigenvalue weighted by Crippen LogP contribution is -2.31. The van der Waals surface area contributed by atoms with Gasteiger partial charge in [0.2, 0.25) is 0 Å². The Hall–Kier alpha value is -1.13. The molecule has 21 heavy (non-hydrogen) atoms. The van der Waals surface area contributed by atoms with E-state index < -0.39 is 5.60 Å². The maximum absolute atomic E-state index is 14.0. The summed E-state index contributed by atoms with van der Waals surface area (Å²) in [6.45, 7) is 10.2. The highest BCUT2D eigenvalue weighted by Crippen LogP contribution is 2.34. The van der Waals surface area contributed by atoms with Gasteiger partial charge in [-0.05, 0) is 63.4 Å². The molecule has 0 bridgehead atoms. The molecule has 0 aromatic heterocycles. The van der Waals surface area contributed by atoms with E-state index in [9.17, 15) is 9.50 Å². The minimum atomic E-state index is -0.653. The predicted octanol–water partition coefficient (Wildman–Crippen LogP) is 3.16. The van der Waals surface area contributed by atoms with Gasteiger partial charge in [0.05, 0.1) is 5.60 Å². The van der Waals surface area contributed by atoms with Crippen LogP contribution in [-0.2, 0) is 0 Å². The van der Waals surface area contributed by atoms with Crippen molar-refractivity contribution in [1.29, 1.82) is 0 Å². The van der Waals surface area contributed by atoms with E-state index >= 15 is 0 Å². The standard InChI is InChI=1S/C17H27FN2O/c1-5-7-19-13(3)14-10-15(18)12(2)9-16(14)20-8-6-17(4,21)11-20/h9-10,13,19,21H,5-8,11H2,1-4H3. The van der Waals surface area contributed by atoms with E-state index in [1.165, 1.54) is 0 Å². The SMILES string of the molecule is CCCNC(C)c1cc(F)c(C)cc1N1CCC(C)(O)C1. The zero-order valence-corrected chi connectivity index (χ0v) is 13.5. The van der Waals surface area contributed by atoms with E-state index in [0.29, 0.717) is 12.1 Å². The summed E-state index contributed by atoms with van der Waals surface area (Å²) in [7, 11) is 0. The summed E-state index contributed by atoms with van der Waals surface area (Å²) in [6, 6.07) is 3.65. The number of benzene rings is 1. The first-order chi connectivity index (χ1) is 9.84. The highest BCUT2D eigenvalue weighted by molar-refractivity contribution is 5.58. The Labute approximate surface area is 127 Å². The second kappa shape index (κ2) is 6.32. The molecule has 118 valence electrons. The smallest absolute Gasteiger partial charge is 0.126 e. The summed E-state index contributed by atoms with van der Waals surface area (Å²) in [5, 5.41) is 13.6. The molecule has 1 aliphatic rings. The summed E-state index contributed by atoms with van der Waals surface area (Å²) in [6.07, 6.45) is 1.80. The van der Waals surface area contributed by atoms with E-state index in [0.717, 1.165) is 37.2 Å². The maximum atomic E-state index is 14.0. The second-order valence-electron chi connectivity index (χ2n) is 6.50. The molecule has 0 spiro atoms. The van der Waals surface area contributed by atoms with Crippen molar-refractivity contribution in [3.05, 3.63) is 29.1 Å². The summed E-state index contributed by atoms with van der Waals surface area (Å²) >= 11 is 0.